The van der Waals surface area contributed by atoms with Gasteiger partial charge >= 0.3 is 0 Å². The Hall–Kier alpha value is -1.22. The van der Waals surface area contributed by atoms with Crippen molar-refractivity contribution in [2.75, 3.05) is 7.05 Å². The van der Waals surface area contributed by atoms with Crippen molar-refractivity contribution in [2.45, 2.75) is 13.2 Å². The maximum absolute atomic E-state index is 5.53. The molecule has 8 heteroatoms. The predicted octanol–water partition coefficient (Wildman–Crippen LogP) is 4.38. The number of halogens is 1. The average molecular weight is 386 g/mol. The molecule has 0 atom stereocenters. The molecule has 3 heterocycles. The highest BCUT2D eigenvalue weighted by Crippen LogP contribution is 2.23. The number of hydrogen-bond donors (Lipinski definition) is 0. The van der Waals surface area contributed by atoms with Crippen molar-refractivity contribution in [2.24, 2.45) is 0 Å². The van der Waals surface area contributed by atoms with Crippen LogP contribution >= 0.6 is 39.5 Å². The molecule has 0 bridgehead atoms. The molecule has 5 nitrogen and oxygen atoms in total. The third kappa shape index (κ3) is 3.52. The van der Waals surface area contributed by atoms with E-state index in [9.17, 15) is 0 Å². The van der Waals surface area contributed by atoms with Crippen LogP contribution in [0.5, 0.6) is 0 Å². The highest BCUT2D eigenvalue weighted by atomic mass is 79.9. The second kappa shape index (κ2) is 6.27. The van der Waals surface area contributed by atoms with E-state index in [1.165, 1.54) is 0 Å². The van der Waals surface area contributed by atoms with Crippen molar-refractivity contribution in [3.05, 3.63) is 44.9 Å². The summed E-state index contributed by atoms with van der Waals surface area (Å²) < 4.78 is 13.4. The van der Waals surface area contributed by atoms with E-state index >= 15 is 0 Å². The molecule has 0 aromatic carbocycles. The molecule has 0 aliphatic carbocycles. The Bertz CT molecular complexity index is 776. The second-order valence-corrected chi connectivity index (χ2v) is 6.59. The Labute approximate surface area is 138 Å². The van der Waals surface area contributed by atoms with Gasteiger partial charge in [-0.05, 0) is 58.8 Å². The molecule has 110 valence electrons. The van der Waals surface area contributed by atoms with Gasteiger partial charge < -0.3 is 8.83 Å². The van der Waals surface area contributed by atoms with Crippen LogP contribution in [0.15, 0.2) is 43.1 Å². The molecule has 3 aromatic heterocycles. The molecule has 0 aliphatic rings. The summed E-state index contributed by atoms with van der Waals surface area (Å²) in [6.45, 7) is 1.20. The number of hydrogen-bond acceptors (Lipinski definition) is 6. The smallest absolute Gasteiger partial charge is 0.288 e. The second-order valence-electron chi connectivity index (χ2n) is 4.51. The SMILES string of the molecule is CN(Cc1ccc(Br)o1)Cn1nc(-c2cccs2)oc1=S. The van der Waals surface area contributed by atoms with Gasteiger partial charge in [0.05, 0.1) is 18.1 Å². The van der Waals surface area contributed by atoms with Gasteiger partial charge in [0.25, 0.3) is 10.7 Å². The summed E-state index contributed by atoms with van der Waals surface area (Å²) in [4.78, 5) is 3.38. The zero-order valence-electron chi connectivity index (χ0n) is 11.2. The van der Waals surface area contributed by atoms with E-state index in [-0.39, 0.29) is 0 Å². The molecule has 21 heavy (non-hydrogen) atoms. The van der Waals surface area contributed by atoms with Gasteiger partial charge in [-0.3, -0.25) is 4.90 Å². The first-order chi connectivity index (χ1) is 10.1. The lowest BCUT2D eigenvalue weighted by molar-refractivity contribution is 0.222. The minimum Gasteiger partial charge on any atom is -0.453 e. The first-order valence-electron chi connectivity index (χ1n) is 6.16. The van der Waals surface area contributed by atoms with Gasteiger partial charge in [-0.2, -0.15) is 0 Å². The van der Waals surface area contributed by atoms with Crippen LogP contribution in [0.3, 0.4) is 0 Å². The lowest BCUT2D eigenvalue weighted by Crippen LogP contribution is -2.22. The van der Waals surface area contributed by atoms with Crippen molar-refractivity contribution in [1.29, 1.82) is 0 Å². The van der Waals surface area contributed by atoms with E-state index in [1.807, 2.05) is 41.6 Å². The third-order valence-corrected chi connectivity index (χ3v) is 4.35. The minimum atomic E-state index is 0.367. The molecular formula is C13H12BrN3O2S2. The number of aromatic nitrogens is 2. The molecule has 0 radical (unpaired) electrons. The van der Waals surface area contributed by atoms with Crippen LogP contribution in [0.1, 0.15) is 5.76 Å². The summed E-state index contributed by atoms with van der Waals surface area (Å²) in [5.74, 6) is 1.43. The largest absolute Gasteiger partial charge is 0.453 e. The van der Waals surface area contributed by atoms with Crippen LogP contribution in [0, 0.1) is 4.84 Å². The highest BCUT2D eigenvalue weighted by Gasteiger charge is 2.11. The molecule has 0 saturated carbocycles. The number of rotatable bonds is 5. The van der Waals surface area contributed by atoms with Crippen LogP contribution in [0.2, 0.25) is 0 Å². The van der Waals surface area contributed by atoms with Crippen LogP contribution in [-0.4, -0.2) is 21.7 Å². The van der Waals surface area contributed by atoms with Crippen molar-refractivity contribution in [1.82, 2.24) is 14.7 Å². The molecule has 3 aromatic rings. The quantitative estimate of drug-likeness (QED) is 0.609. The normalized spacial score (nSPS) is 11.4. The molecule has 0 spiro atoms. The van der Waals surface area contributed by atoms with E-state index < -0.39 is 0 Å². The van der Waals surface area contributed by atoms with E-state index in [2.05, 4.69) is 21.0 Å². The standard InChI is InChI=1S/C13H12BrN3O2S2/c1-16(7-9-4-5-11(14)18-9)8-17-13(20)19-12(15-17)10-3-2-6-21-10/h2-6H,7-8H2,1H3. The van der Waals surface area contributed by atoms with Crippen molar-refractivity contribution < 1.29 is 8.83 Å². The summed E-state index contributed by atoms with van der Waals surface area (Å²) in [5, 5.41) is 6.39. The van der Waals surface area contributed by atoms with Gasteiger partial charge in [0.2, 0.25) is 0 Å². The van der Waals surface area contributed by atoms with Gasteiger partial charge in [-0.15, -0.1) is 16.4 Å². The maximum Gasteiger partial charge on any atom is 0.288 e. The summed E-state index contributed by atoms with van der Waals surface area (Å²) in [5.41, 5.74) is 0. The van der Waals surface area contributed by atoms with Crippen molar-refractivity contribution in [3.8, 4) is 10.8 Å². The Morgan fingerprint density at radius 1 is 1.38 bits per heavy atom. The number of nitrogens with zero attached hydrogens (tertiary/aromatic N) is 3. The molecule has 0 aliphatic heterocycles. The fourth-order valence-electron chi connectivity index (χ4n) is 1.88. The van der Waals surface area contributed by atoms with Gasteiger partial charge in [0, 0.05) is 0 Å². The summed E-state index contributed by atoms with van der Waals surface area (Å²) in [7, 11) is 1.97. The first-order valence-corrected chi connectivity index (χ1v) is 8.24. The molecule has 0 fully saturated rings. The molecule has 0 saturated heterocycles. The minimum absolute atomic E-state index is 0.367. The van der Waals surface area contributed by atoms with Gasteiger partial charge in [0.1, 0.15) is 5.76 Å². The van der Waals surface area contributed by atoms with Crippen molar-refractivity contribution in [3.63, 3.8) is 0 Å². The van der Waals surface area contributed by atoms with Crippen molar-refractivity contribution >= 4 is 39.5 Å². The summed E-state index contributed by atoms with van der Waals surface area (Å²) >= 11 is 10.1. The molecular weight excluding hydrogens is 374 g/mol. The highest BCUT2D eigenvalue weighted by molar-refractivity contribution is 9.10. The summed E-state index contributed by atoms with van der Waals surface area (Å²) in [6.07, 6.45) is 0. The topological polar surface area (TPSA) is 47.3 Å². The molecule has 0 N–H and O–H groups in total. The summed E-state index contributed by atoms with van der Waals surface area (Å²) in [6, 6.07) is 7.72. The Balaban J connectivity index is 1.71. The van der Waals surface area contributed by atoms with E-state index in [0.717, 1.165) is 15.3 Å². The van der Waals surface area contributed by atoms with Gasteiger partial charge in [0.15, 0.2) is 4.67 Å². The Kier molecular flexibility index (Phi) is 4.39. The monoisotopic (exact) mass is 385 g/mol. The Morgan fingerprint density at radius 2 is 2.24 bits per heavy atom. The fourth-order valence-corrected chi connectivity index (χ4v) is 3.04. The Morgan fingerprint density at radius 3 is 2.90 bits per heavy atom. The zero-order chi connectivity index (χ0) is 14.8. The van der Waals surface area contributed by atoms with E-state index in [0.29, 0.717) is 23.9 Å². The first kappa shape index (κ1) is 14.7. The fraction of sp³-hybridized carbons (Fsp3) is 0.231. The molecule has 0 unspecified atom stereocenters. The lowest BCUT2D eigenvalue weighted by Gasteiger charge is -2.13. The van der Waals surface area contributed by atoms with E-state index in [1.54, 1.807) is 16.0 Å². The zero-order valence-corrected chi connectivity index (χ0v) is 14.4. The van der Waals surface area contributed by atoms with Crippen LogP contribution in [-0.2, 0) is 13.2 Å². The third-order valence-electron chi connectivity index (χ3n) is 2.77. The molecule has 0 amide bonds. The van der Waals surface area contributed by atoms with Crippen LogP contribution in [0.4, 0.5) is 0 Å². The van der Waals surface area contributed by atoms with E-state index in [4.69, 9.17) is 21.1 Å². The van der Waals surface area contributed by atoms with Crippen LogP contribution < -0.4 is 0 Å². The van der Waals surface area contributed by atoms with Crippen LogP contribution in [0.25, 0.3) is 10.8 Å². The van der Waals surface area contributed by atoms with Gasteiger partial charge in [-0.1, -0.05) is 6.07 Å². The number of furan rings is 1. The molecule has 3 rings (SSSR count). The maximum atomic E-state index is 5.53. The lowest BCUT2D eigenvalue weighted by atomic mass is 10.4. The number of thiophene rings is 1. The predicted molar refractivity (Wildman–Crippen MR) is 86.5 cm³/mol. The average Bonchev–Trinajstić information content (AvgIpc) is 3.13. The van der Waals surface area contributed by atoms with Gasteiger partial charge in [-0.25, -0.2) is 4.68 Å².